The second-order valence-electron chi connectivity index (χ2n) is 3.57. The summed E-state index contributed by atoms with van der Waals surface area (Å²) < 4.78 is 37.6. The number of halogens is 3. The van der Waals surface area contributed by atoms with Crippen molar-refractivity contribution in [3.8, 4) is 6.07 Å². The Bertz CT molecular complexity index is 470. The van der Waals surface area contributed by atoms with Crippen molar-refractivity contribution in [2.45, 2.75) is 24.8 Å². The van der Waals surface area contributed by atoms with E-state index < -0.39 is 36.2 Å². The molecule has 1 rings (SSSR count). The highest BCUT2D eigenvalue weighted by molar-refractivity contribution is 5.43. The van der Waals surface area contributed by atoms with Gasteiger partial charge < -0.3 is 15.9 Å². The average molecular weight is 261 g/mol. The number of pyridine rings is 1. The summed E-state index contributed by atoms with van der Waals surface area (Å²) in [5.41, 5.74) is 3.64. The van der Waals surface area contributed by atoms with Crippen LogP contribution in [0.1, 0.15) is 23.7 Å². The summed E-state index contributed by atoms with van der Waals surface area (Å²) in [6.07, 6.45) is -7.30. The quantitative estimate of drug-likeness (QED) is 0.752. The number of aliphatic hydroxyl groups is 2. The van der Waals surface area contributed by atoms with E-state index in [1.54, 1.807) is 6.07 Å². The SMILES string of the molecule is N#CCC(O)C(O)c1cnc(N)c(C(F)(F)F)c1. The first-order chi connectivity index (χ1) is 8.27. The first kappa shape index (κ1) is 14.2. The summed E-state index contributed by atoms with van der Waals surface area (Å²) in [6, 6.07) is 2.20. The average Bonchev–Trinajstić information content (AvgIpc) is 2.27. The topological polar surface area (TPSA) is 103 Å². The van der Waals surface area contributed by atoms with Gasteiger partial charge in [-0.15, -0.1) is 0 Å². The zero-order valence-electron chi connectivity index (χ0n) is 9.02. The van der Waals surface area contributed by atoms with Crippen molar-refractivity contribution in [1.82, 2.24) is 4.98 Å². The Hall–Kier alpha value is -1.85. The number of alkyl halides is 3. The van der Waals surface area contributed by atoms with Gasteiger partial charge in [0.2, 0.25) is 0 Å². The third-order valence-corrected chi connectivity index (χ3v) is 2.25. The molecule has 5 nitrogen and oxygen atoms in total. The predicted molar refractivity (Wildman–Crippen MR) is 54.8 cm³/mol. The zero-order chi connectivity index (χ0) is 13.9. The van der Waals surface area contributed by atoms with E-state index >= 15 is 0 Å². The van der Waals surface area contributed by atoms with Crippen LogP contribution in [0, 0.1) is 11.3 Å². The molecule has 0 aliphatic rings. The van der Waals surface area contributed by atoms with E-state index in [-0.39, 0.29) is 5.56 Å². The number of nitrogens with zero attached hydrogens (tertiary/aromatic N) is 2. The van der Waals surface area contributed by atoms with Gasteiger partial charge in [-0.3, -0.25) is 0 Å². The minimum absolute atomic E-state index is 0.251. The van der Waals surface area contributed by atoms with Crippen molar-refractivity contribution in [2.24, 2.45) is 0 Å². The molecule has 18 heavy (non-hydrogen) atoms. The molecule has 4 N–H and O–H groups in total. The number of hydrogen-bond acceptors (Lipinski definition) is 5. The standard InChI is InChI=1S/C10H10F3N3O2/c11-10(12,13)6-3-5(4-16-9(6)15)8(18)7(17)1-2-14/h3-4,7-8,17-18H,1H2,(H2,15,16). The van der Waals surface area contributed by atoms with Gasteiger partial charge >= 0.3 is 6.18 Å². The Balaban J connectivity index is 3.10. The third-order valence-electron chi connectivity index (χ3n) is 2.25. The number of aliphatic hydroxyl groups excluding tert-OH is 2. The molecule has 0 saturated heterocycles. The lowest BCUT2D eigenvalue weighted by molar-refractivity contribution is -0.137. The first-order valence-electron chi connectivity index (χ1n) is 4.83. The highest BCUT2D eigenvalue weighted by atomic mass is 19.4. The van der Waals surface area contributed by atoms with Crippen molar-refractivity contribution < 1.29 is 23.4 Å². The largest absolute Gasteiger partial charge is 0.419 e. The van der Waals surface area contributed by atoms with Gasteiger partial charge in [-0.05, 0) is 6.07 Å². The van der Waals surface area contributed by atoms with Crippen LogP contribution >= 0.6 is 0 Å². The Kier molecular flexibility index (Phi) is 4.11. The molecule has 8 heteroatoms. The number of nitrogen functional groups attached to an aromatic ring is 1. The van der Waals surface area contributed by atoms with Crippen molar-refractivity contribution >= 4 is 5.82 Å². The molecule has 0 aromatic carbocycles. The number of nitriles is 1. The molecule has 0 spiro atoms. The molecule has 0 saturated carbocycles. The van der Waals surface area contributed by atoms with Gasteiger partial charge in [0.1, 0.15) is 11.9 Å². The predicted octanol–water partition coefficient (Wildman–Crippen LogP) is 0.991. The molecule has 0 radical (unpaired) electrons. The lowest BCUT2D eigenvalue weighted by atomic mass is 10.0. The number of hydrogen-bond donors (Lipinski definition) is 3. The summed E-state index contributed by atoms with van der Waals surface area (Å²) >= 11 is 0. The Labute approximate surface area is 100 Å². The molecule has 0 aliphatic carbocycles. The molecule has 0 amide bonds. The lowest BCUT2D eigenvalue weighted by Crippen LogP contribution is -2.19. The van der Waals surface area contributed by atoms with Gasteiger partial charge in [-0.2, -0.15) is 18.4 Å². The molecule has 98 valence electrons. The number of nitrogens with two attached hydrogens (primary N) is 1. The highest BCUT2D eigenvalue weighted by Crippen LogP contribution is 2.34. The molecular weight excluding hydrogens is 251 g/mol. The van der Waals surface area contributed by atoms with Gasteiger partial charge in [0, 0.05) is 11.8 Å². The van der Waals surface area contributed by atoms with Crippen molar-refractivity contribution in [3.63, 3.8) is 0 Å². The van der Waals surface area contributed by atoms with Crippen LogP contribution in [0.15, 0.2) is 12.3 Å². The van der Waals surface area contributed by atoms with Crippen LogP contribution < -0.4 is 5.73 Å². The second kappa shape index (κ2) is 5.20. The van der Waals surface area contributed by atoms with Crippen LogP contribution in [0.2, 0.25) is 0 Å². The maximum atomic E-state index is 12.5. The van der Waals surface area contributed by atoms with Crippen LogP contribution in [0.5, 0.6) is 0 Å². The van der Waals surface area contributed by atoms with Crippen LogP contribution in [0.4, 0.5) is 19.0 Å². The molecule has 1 aromatic heterocycles. The smallest absolute Gasteiger partial charge is 0.389 e. The molecule has 2 unspecified atom stereocenters. The Morgan fingerprint density at radius 1 is 1.44 bits per heavy atom. The van der Waals surface area contributed by atoms with E-state index in [2.05, 4.69) is 4.98 Å². The van der Waals surface area contributed by atoms with Crippen molar-refractivity contribution in [3.05, 3.63) is 23.4 Å². The van der Waals surface area contributed by atoms with E-state index in [0.717, 1.165) is 6.20 Å². The minimum atomic E-state index is -4.70. The summed E-state index contributed by atoms with van der Waals surface area (Å²) in [5, 5.41) is 27.2. The Morgan fingerprint density at radius 3 is 2.56 bits per heavy atom. The number of anilines is 1. The maximum Gasteiger partial charge on any atom is 0.419 e. The van der Waals surface area contributed by atoms with E-state index in [1.165, 1.54) is 0 Å². The van der Waals surface area contributed by atoms with Gasteiger partial charge in [-0.25, -0.2) is 4.98 Å². The van der Waals surface area contributed by atoms with Crippen LogP contribution in [0.25, 0.3) is 0 Å². The Morgan fingerprint density at radius 2 is 2.06 bits per heavy atom. The highest BCUT2D eigenvalue weighted by Gasteiger charge is 2.35. The zero-order valence-corrected chi connectivity index (χ0v) is 9.02. The van der Waals surface area contributed by atoms with Crippen molar-refractivity contribution in [2.75, 3.05) is 5.73 Å². The van der Waals surface area contributed by atoms with E-state index in [0.29, 0.717) is 6.07 Å². The summed E-state index contributed by atoms with van der Waals surface area (Å²) in [6.45, 7) is 0. The van der Waals surface area contributed by atoms with E-state index in [4.69, 9.17) is 11.0 Å². The molecule has 0 aliphatic heterocycles. The summed E-state index contributed by atoms with van der Waals surface area (Å²) in [4.78, 5) is 3.31. The molecule has 0 fully saturated rings. The monoisotopic (exact) mass is 261 g/mol. The first-order valence-corrected chi connectivity index (χ1v) is 4.83. The number of aromatic nitrogens is 1. The fourth-order valence-corrected chi connectivity index (χ4v) is 1.31. The second-order valence-corrected chi connectivity index (χ2v) is 3.57. The van der Waals surface area contributed by atoms with Gasteiger partial charge in [0.25, 0.3) is 0 Å². The summed E-state index contributed by atoms with van der Waals surface area (Å²) in [5.74, 6) is -0.715. The lowest BCUT2D eigenvalue weighted by Gasteiger charge is -2.17. The van der Waals surface area contributed by atoms with Gasteiger partial charge in [0.05, 0.1) is 24.2 Å². The third kappa shape index (κ3) is 3.09. The van der Waals surface area contributed by atoms with Crippen molar-refractivity contribution in [1.29, 1.82) is 5.26 Å². The van der Waals surface area contributed by atoms with Gasteiger partial charge in [-0.1, -0.05) is 0 Å². The van der Waals surface area contributed by atoms with E-state index in [9.17, 15) is 23.4 Å². The molecule has 2 atom stereocenters. The number of rotatable bonds is 3. The fraction of sp³-hybridized carbons (Fsp3) is 0.400. The fourth-order valence-electron chi connectivity index (χ4n) is 1.31. The molecular formula is C10H10F3N3O2. The maximum absolute atomic E-state index is 12.5. The van der Waals surface area contributed by atoms with Crippen LogP contribution in [-0.4, -0.2) is 21.3 Å². The van der Waals surface area contributed by atoms with Crippen LogP contribution in [0.3, 0.4) is 0 Å². The molecule has 1 aromatic rings. The summed E-state index contributed by atoms with van der Waals surface area (Å²) in [7, 11) is 0. The molecule has 1 heterocycles. The van der Waals surface area contributed by atoms with E-state index in [1.807, 2.05) is 0 Å². The molecule has 0 bridgehead atoms. The normalized spacial score (nSPS) is 14.9. The van der Waals surface area contributed by atoms with Crippen LogP contribution in [-0.2, 0) is 6.18 Å². The van der Waals surface area contributed by atoms with Gasteiger partial charge in [0.15, 0.2) is 0 Å². The minimum Gasteiger partial charge on any atom is -0.389 e.